The maximum atomic E-state index is 11.6. The fraction of sp³-hybridized carbons (Fsp3) is 0.870. The van der Waals surface area contributed by atoms with Gasteiger partial charge in [-0.05, 0) is 90.9 Å². The van der Waals surface area contributed by atoms with Crippen molar-refractivity contribution in [2.24, 2.45) is 40.4 Å². The Kier molecular flexibility index (Phi) is 3.88. The molecule has 1 heterocycles. The van der Waals surface area contributed by atoms with Crippen LogP contribution in [0.3, 0.4) is 0 Å². The maximum Gasteiger partial charge on any atom is 0.331 e. The van der Waals surface area contributed by atoms with Crippen molar-refractivity contribution in [3.63, 3.8) is 0 Å². The van der Waals surface area contributed by atoms with E-state index in [0.29, 0.717) is 29.8 Å². The number of carbonyl (C=O) groups is 1. The third-order valence-electron chi connectivity index (χ3n) is 9.70. The van der Waals surface area contributed by atoms with Crippen LogP contribution >= 0.6 is 0 Å². The Morgan fingerprint density at radius 1 is 1.08 bits per heavy atom. The van der Waals surface area contributed by atoms with Gasteiger partial charge in [-0.2, -0.15) is 0 Å². The van der Waals surface area contributed by atoms with Crippen molar-refractivity contribution in [1.29, 1.82) is 0 Å². The Bertz CT molecular complexity index is 639. The Morgan fingerprint density at radius 2 is 1.92 bits per heavy atom. The number of carbonyl (C=O) groups excluding carboxylic acids is 1. The average Bonchev–Trinajstić information content (AvgIpc) is 3.15. The first kappa shape index (κ1) is 17.3. The molecule has 4 aliphatic carbocycles. The maximum absolute atomic E-state index is 11.6. The Morgan fingerprint density at radius 3 is 2.69 bits per heavy atom. The number of ether oxygens (including phenoxy) is 1. The van der Waals surface area contributed by atoms with E-state index in [1.165, 1.54) is 51.4 Å². The van der Waals surface area contributed by atoms with Crippen LogP contribution in [0.1, 0.15) is 71.6 Å². The minimum Gasteiger partial charge on any atom is -0.458 e. The van der Waals surface area contributed by atoms with Crippen LogP contribution in [0.5, 0.6) is 0 Å². The topological polar surface area (TPSA) is 46.5 Å². The first-order valence-corrected chi connectivity index (χ1v) is 11.0. The van der Waals surface area contributed by atoms with Crippen LogP contribution in [-0.4, -0.2) is 23.8 Å². The SMILES string of the molecule is C[C@]12CC[C@H]3[C@@H](CCC4CCCC[C@@]43C)[C@H]1C(O)C[C@@H]2C1=CC(=O)OC1. The molecule has 0 radical (unpaired) electrons. The molecule has 4 saturated carbocycles. The predicted molar refractivity (Wildman–Crippen MR) is 100 cm³/mol. The highest BCUT2D eigenvalue weighted by Crippen LogP contribution is 2.68. The molecule has 0 aromatic heterocycles. The summed E-state index contributed by atoms with van der Waals surface area (Å²) in [6.07, 6.45) is 13.2. The number of rotatable bonds is 1. The summed E-state index contributed by atoms with van der Waals surface area (Å²) < 4.78 is 5.22. The van der Waals surface area contributed by atoms with E-state index in [-0.39, 0.29) is 17.5 Å². The predicted octanol–water partition coefficient (Wildman–Crippen LogP) is 4.49. The molecule has 1 N–H and O–H groups in total. The summed E-state index contributed by atoms with van der Waals surface area (Å²) in [5, 5.41) is 11.2. The van der Waals surface area contributed by atoms with Gasteiger partial charge in [-0.3, -0.25) is 0 Å². The van der Waals surface area contributed by atoms with Gasteiger partial charge in [-0.15, -0.1) is 0 Å². The summed E-state index contributed by atoms with van der Waals surface area (Å²) in [4.78, 5) is 11.6. The Balaban J connectivity index is 1.47. The van der Waals surface area contributed by atoms with E-state index in [1.807, 2.05) is 0 Å². The van der Waals surface area contributed by atoms with Gasteiger partial charge in [0, 0.05) is 6.08 Å². The lowest BCUT2D eigenvalue weighted by molar-refractivity contribution is -0.135. The summed E-state index contributed by atoms with van der Waals surface area (Å²) in [7, 11) is 0. The molecule has 1 aliphatic heterocycles. The quantitative estimate of drug-likeness (QED) is 0.703. The van der Waals surface area contributed by atoms with Gasteiger partial charge in [-0.25, -0.2) is 4.79 Å². The van der Waals surface area contributed by atoms with Crippen LogP contribution in [0.25, 0.3) is 0 Å². The summed E-state index contributed by atoms with van der Waals surface area (Å²) in [6.45, 7) is 5.45. The normalized spacial score (nSPS) is 53.3. The van der Waals surface area contributed by atoms with E-state index in [0.717, 1.165) is 23.8 Å². The van der Waals surface area contributed by atoms with Crippen molar-refractivity contribution in [3.8, 4) is 0 Å². The van der Waals surface area contributed by atoms with Gasteiger partial charge in [0.25, 0.3) is 0 Å². The summed E-state index contributed by atoms with van der Waals surface area (Å²) >= 11 is 0. The second-order valence-corrected chi connectivity index (χ2v) is 10.5. The van der Waals surface area contributed by atoms with Crippen LogP contribution in [0.2, 0.25) is 0 Å². The van der Waals surface area contributed by atoms with Crippen molar-refractivity contribution >= 4 is 5.97 Å². The van der Waals surface area contributed by atoms with E-state index in [9.17, 15) is 9.90 Å². The molecule has 4 fully saturated rings. The fourth-order valence-electron chi connectivity index (χ4n) is 8.53. The third-order valence-corrected chi connectivity index (χ3v) is 9.70. The zero-order valence-electron chi connectivity index (χ0n) is 16.4. The van der Waals surface area contributed by atoms with Crippen LogP contribution in [0.15, 0.2) is 11.6 Å². The number of esters is 1. The highest BCUT2D eigenvalue weighted by molar-refractivity contribution is 5.85. The van der Waals surface area contributed by atoms with Gasteiger partial charge in [0.05, 0.1) is 6.10 Å². The molecular formula is C23H34O3. The molecule has 26 heavy (non-hydrogen) atoms. The molecule has 0 bridgehead atoms. The van der Waals surface area contributed by atoms with E-state index in [4.69, 9.17) is 4.74 Å². The lowest BCUT2D eigenvalue weighted by Crippen LogP contribution is -2.54. The highest BCUT2D eigenvalue weighted by atomic mass is 16.5. The van der Waals surface area contributed by atoms with E-state index in [1.54, 1.807) is 6.08 Å². The van der Waals surface area contributed by atoms with Crippen molar-refractivity contribution in [1.82, 2.24) is 0 Å². The van der Waals surface area contributed by atoms with Gasteiger partial charge >= 0.3 is 5.97 Å². The molecule has 8 atom stereocenters. The van der Waals surface area contributed by atoms with Crippen molar-refractivity contribution in [3.05, 3.63) is 11.6 Å². The van der Waals surface area contributed by atoms with Gasteiger partial charge in [0.1, 0.15) is 6.61 Å². The number of aliphatic hydroxyl groups is 1. The molecule has 0 spiro atoms. The largest absolute Gasteiger partial charge is 0.458 e. The molecule has 5 aliphatic rings. The molecule has 3 heteroatoms. The molecule has 144 valence electrons. The van der Waals surface area contributed by atoms with Crippen LogP contribution < -0.4 is 0 Å². The number of aliphatic hydroxyl groups excluding tert-OH is 1. The number of cyclic esters (lactones) is 1. The number of hydrogen-bond donors (Lipinski definition) is 1. The van der Waals surface area contributed by atoms with Crippen molar-refractivity contribution < 1.29 is 14.6 Å². The molecule has 5 rings (SSSR count). The van der Waals surface area contributed by atoms with E-state index < -0.39 is 0 Å². The lowest BCUT2D eigenvalue weighted by Gasteiger charge is -2.60. The average molecular weight is 359 g/mol. The monoisotopic (exact) mass is 358 g/mol. The molecular weight excluding hydrogens is 324 g/mol. The highest BCUT2D eigenvalue weighted by Gasteiger charge is 2.62. The van der Waals surface area contributed by atoms with Gasteiger partial charge in [0.15, 0.2) is 0 Å². The van der Waals surface area contributed by atoms with Crippen LogP contribution in [0, 0.1) is 40.4 Å². The first-order valence-electron chi connectivity index (χ1n) is 11.0. The zero-order chi connectivity index (χ0) is 18.1. The number of fused-ring (bicyclic) bond motifs is 5. The van der Waals surface area contributed by atoms with E-state index >= 15 is 0 Å². The number of hydrogen-bond acceptors (Lipinski definition) is 3. The van der Waals surface area contributed by atoms with Gasteiger partial charge < -0.3 is 9.84 Å². The molecule has 0 aromatic carbocycles. The molecule has 3 nitrogen and oxygen atoms in total. The second kappa shape index (κ2) is 5.83. The van der Waals surface area contributed by atoms with Crippen molar-refractivity contribution in [2.75, 3.05) is 6.61 Å². The summed E-state index contributed by atoms with van der Waals surface area (Å²) in [5.74, 6) is 2.93. The standard InChI is InChI=1S/C23H34O3/c1-22-9-4-3-5-15(22)6-7-16-17(22)8-10-23(2)18(12-19(24)21(16)23)14-11-20(25)26-13-14/h11,15-19,21,24H,3-10,12-13H2,1-2H3/t15?,16-,17+,18-,19?,21+,22+,23-/m1/s1. The smallest absolute Gasteiger partial charge is 0.331 e. The van der Waals surface area contributed by atoms with Crippen LogP contribution in [-0.2, 0) is 9.53 Å². The first-order chi connectivity index (χ1) is 12.4. The van der Waals surface area contributed by atoms with Crippen molar-refractivity contribution in [2.45, 2.75) is 77.7 Å². The molecule has 0 aromatic rings. The molecule has 0 amide bonds. The van der Waals surface area contributed by atoms with Gasteiger partial charge in [-0.1, -0.05) is 26.7 Å². The zero-order valence-corrected chi connectivity index (χ0v) is 16.4. The Labute approximate surface area is 157 Å². The van der Waals surface area contributed by atoms with Crippen LogP contribution in [0.4, 0.5) is 0 Å². The van der Waals surface area contributed by atoms with E-state index in [2.05, 4.69) is 13.8 Å². The third kappa shape index (κ3) is 2.25. The summed E-state index contributed by atoms with van der Waals surface area (Å²) in [5.41, 5.74) is 1.79. The minimum absolute atomic E-state index is 0.137. The lowest BCUT2D eigenvalue weighted by atomic mass is 9.44. The minimum atomic E-state index is -0.210. The fourth-order valence-corrected chi connectivity index (χ4v) is 8.53. The molecule has 0 saturated heterocycles. The van der Waals surface area contributed by atoms with Gasteiger partial charge in [0.2, 0.25) is 0 Å². The second-order valence-electron chi connectivity index (χ2n) is 10.5. The summed E-state index contributed by atoms with van der Waals surface area (Å²) in [6, 6.07) is 0. The molecule has 2 unspecified atom stereocenters. The Hall–Kier alpha value is -0.830.